The van der Waals surface area contributed by atoms with E-state index in [1.807, 2.05) is 13.0 Å². The molecule has 10 heteroatoms. The topological polar surface area (TPSA) is 103 Å². The van der Waals surface area contributed by atoms with Gasteiger partial charge in [0.25, 0.3) is 5.56 Å². The summed E-state index contributed by atoms with van der Waals surface area (Å²) >= 11 is 7.61. The molecule has 0 aliphatic carbocycles. The Hall–Kier alpha value is -3.87. The van der Waals surface area contributed by atoms with Crippen LogP contribution in [0, 0.1) is 11.3 Å². The number of nitriles is 1. The number of rotatable bonds is 9. The minimum Gasteiger partial charge on any atom is -0.496 e. The van der Waals surface area contributed by atoms with E-state index < -0.39 is 12.0 Å². The number of nitrogens with zero attached hydrogens (tertiary/aromatic N) is 3. The zero-order valence-electron chi connectivity index (χ0n) is 21.2. The van der Waals surface area contributed by atoms with Gasteiger partial charge in [-0.05, 0) is 55.3 Å². The Morgan fingerprint density at radius 1 is 1.24 bits per heavy atom. The van der Waals surface area contributed by atoms with E-state index in [0.29, 0.717) is 49.1 Å². The summed E-state index contributed by atoms with van der Waals surface area (Å²) in [5.74, 6) is 0.511. The molecule has 2 aromatic carbocycles. The van der Waals surface area contributed by atoms with Crippen molar-refractivity contribution in [3.8, 4) is 17.6 Å². The summed E-state index contributed by atoms with van der Waals surface area (Å²) in [6.45, 7) is 3.87. The molecule has 8 nitrogen and oxygen atoms in total. The van der Waals surface area contributed by atoms with Crippen molar-refractivity contribution in [1.29, 1.82) is 5.26 Å². The van der Waals surface area contributed by atoms with Crippen LogP contribution in [-0.2, 0) is 9.53 Å². The Kier molecular flexibility index (Phi) is 8.66. The van der Waals surface area contributed by atoms with Gasteiger partial charge in [-0.15, -0.1) is 0 Å². The Bertz CT molecular complexity index is 1600. The molecule has 0 spiro atoms. The van der Waals surface area contributed by atoms with Crippen molar-refractivity contribution in [1.82, 2.24) is 4.57 Å². The van der Waals surface area contributed by atoms with Crippen LogP contribution in [0.3, 0.4) is 0 Å². The molecule has 1 aromatic heterocycles. The van der Waals surface area contributed by atoms with Crippen LogP contribution in [0.15, 0.2) is 63.5 Å². The molecule has 2 heterocycles. The second-order valence-corrected chi connectivity index (χ2v) is 9.76. The maximum atomic E-state index is 13.9. The van der Waals surface area contributed by atoms with Crippen LogP contribution < -0.4 is 24.4 Å². The zero-order chi connectivity index (χ0) is 27.2. The predicted octanol–water partition coefficient (Wildman–Crippen LogP) is 4.14. The first kappa shape index (κ1) is 27.2. The van der Waals surface area contributed by atoms with E-state index in [1.165, 1.54) is 23.0 Å². The third kappa shape index (κ3) is 5.52. The van der Waals surface area contributed by atoms with Crippen LogP contribution in [0.4, 0.5) is 0 Å². The minimum atomic E-state index is -0.829. The Morgan fingerprint density at radius 2 is 2.00 bits per heavy atom. The van der Waals surface area contributed by atoms with Gasteiger partial charge in [-0.25, -0.2) is 9.79 Å². The lowest BCUT2D eigenvalue weighted by atomic mass is 9.93. The van der Waals surface area contributed by atoms with Gasteiger partial charge in [0.15, 0.2) is 11.4 Å². The van der Waals surface area contributed by atoms with Crippen molar-refractivity contribution in [2.45, 2.75) is 32.7 Å². The Labute approximate surface area is 228 Å². The molecule has 196 valence electrons. The molecule has 1 aliphatic heterocycles. The first-order valence-corrected chi connectivity index (χ1v) is 13.3. The average molecular weight is 552 g/mol. The number of ether oxygens (including phenoxy) is 3. The van der Waals surface area contributed by atoms with E-state index in [1.54, 1.807) is 55.5 Å². The fourth-order valence-corrected chi connectivity index (χ4v) is 5.46. The number of thiazole rings is 1. The summed E-state index contributed by atoms with van der Waals surface area (Å²) in [7, 11) is 1.53. The molecular weight excluding hydrogens is 526 g/mol. The first-order valence-electron chi connectivity index (χ1n) is 12.1. The smallest absolute Gasteiger partial charge is 0.338 e. The molecule has 0 saturated heterocycles. The van der Waals surface area contributed by atoms with Gasteiger partial charge < -0.3 is 14.2 Å². The molecule has 0 saturated carbocycles. The highest BCUT2D eigenvalue weighted by molar-refractivity contribution is 7.07. The summed E-state index contributed by atoms with van der Waals surface area (Å²) in [5, 5.41) is 9.14. The van der Waals surface area contributed by atoms with Crippen molar-refractivity contribution < 1.29 is 19.0 Å². The number of methoxy groups -OCH3 is 1. The van der Waals surface area contributed by atoms with Crippen molar-refractivity contribution in [2.75, 3.05) is 20.3 Å². The number of esters is 1. The number of hydrogen-bond donors (Lipinski definition) is 0. The number of fused-ring (bicyclic) bond motifs is 1. The standard InChI is InChI=1S/C28H26ClN3O5S/c1-4-6-21-24(27(34)36-5-2)25(20-16-18(29)9-12-22(20)35-3)32-26(33)23(38-28(32)31-21)15-17-7-10-19(11-8-17)37-14-13-30/h7-12,15-16,25H,4-6,14H2,1-3H3/b23-15+/t25-/m1/s1. The molecule has 0 N–H and O–H groups in total. The van der Waals surface area contributed by atoms with Crippen molar-refractivity contribution in [3.05, 3.63) is 89.6 Å². The van der Waals surface area contributed by atoms with E-state index >= 15 is 0 Å². The number of aromatic nitrogens is 1. The number of halogens is 1. The van der Waals surface area contributed by atoms with Gasteiger partial charge in [0.05, 0.1) is 29.5 Å². The van der Waals surface area contributed by atoms with Crippen molar-refractivity contribution in [3.63, 3.8) is 0 Å². The quantitative estimate of drug-likeness (QED) is 0.370. The third-order valence-electron chi connectivity index (χ3n) is 5.86. The van der Waals surface area contributed by atoms with Crippen LogP contribution in [-0.4, -0.2) is 30.9 Å². The largest absolute Gasteiger partial charge is 0.496 e. The normalized spacial score (nSPS) is 14.9. The maximum absolute atomic E-state index is 13.9. The number of hydrogen-bond acceptors (Lipinski definition) is 8. The molecule has 0 radical (unpaired) electrons. The van der Waals surface area contributed by atoms with E-state index in [9.17, 15) is 9.59 Å². The van der Waals surface area contributed by atoms with Crippen LogP contribution in [0.1, 0.15) is 43.9 Å². The van der Waals surface area contributed by atoms with E-state index in [0.717, 1.165) is 12.0 Å². The molecule has 0 unspecified atom stereocenters. The molecule has 3 aromatic rings. The lowest BCUT2D eigenvalue weighted by Crippen LogP contribution is -2.40. The van der Waals surface area contributed by atoms with Gasteiger partial charge >= 0.3 is 5.97 Å². The van der Waals surface area contributed by atoms with Gasteiger partial charge in [-0.3, -0.25) is 9.36 Å². The van der Waals surface area contributed by atoms with Crippen LogP contribution in [0.2, 0.25) is 5.02 Å². The molecule has 0 amide bonds. The molecule has 1 aliphatic rings. The predicted molar refractivity (Wildman–Crippen MR) is 145 cm³/mol. The van der Waals surface area contributed by atoms with Crippen LogP contribution in [0.25, 0.3) is 6.08 Å². The Morgan fingerprint density at radius 3 is 2.66 bits per heavy atom. The number of carbonyl (C=O) groups excluding carboxylic acids is 1. The average Bonchev–Trinajstić information content (AvgIpc) is 3.22. The van der Waals surface area contributed by atoms with Crippen molar-refractivity contribution in [2.24, 2.45) is 4.99 Å². The molecule has 0 bridgehead atoms. The number of benzene rings is 2. The highest BCUT2D eigenvalue weighted by Gasteiger charge is 2.36. The highest BCUT2D eigenvalue weighted by atomic mass is 35.5. The summed E-state index contributed by atoms with van der Waals surface area (Å²) in [5.41, 5.74) is 1.91. The first-order chi connectivity index (χ1) is 18.4. The fourth-order valence-electron chi connectivity index (χ4n) is 4.26. The summed E-state index contributed by atoms with van der Waals surface area (Å²) in [6.07, 6.45) is 3.04. The zero-order valence-corrected chi connectivity index (χ0v) is 22.8. The fraction of sp³-hybridized carbons (Fsp3) is 0.286. The molecular formula is C28H26ClN3O5S. The van der Waals surface area contributed by atoms with Gasteiger partial charge in [-0.1, -0.05) is 48.4 Å². The van der Waals surface area contributed by atoms with Crippen LogP contribution in [0.5, 0.6) is 11.5 Å². The molecule has 38 heavy (non-hydrogen) atoms. The van der Waals surface area contributed by atoms with Crippen molar-refractivity contribution >= 4 is 35.0 Å². The monoisotopic (exact) mass is 551 g/mol. The Balaban J connectivity index is 1.95. The van der Waals surface area contributed by atoms with E-state index in [4.69, 9.17) is 36.1 Å². The second-order valence-electron chi connectivity index (χ2n) is 8.32. The summed E-state index contributed by atoms with van der Waals surface area (Å²) in [6, 6.07) is 13.3. The summed E-state index contributed by atoms with van der Waals surface area (Å²) in [4.78, 5) is 32.4. The minimum absolute atomic E-state index is 0.0478. The lowest BCUT2D eigenvalue weighted by Gasteiger charge is -2.27. The number of allylic oxidation sites excluding steroid dienone is 1. The molecule has 0 fully saturated rings. The highest BCUT2D eigenvalue weighted by Crippen LogP contribution is 2.38. The van der Waals surface area contributed by atoms with Crippen LogP contribution >= 0.6 is 22.9 Å². The molecule has 1 atom stereocenters. The molecule has 4 rings (SSSR count). The SMILES string of the molecule is CCCC1=C(C(=O)OCC)[C@@H](c2cc(Cl)ccc2OC)n2c(s/c(=C/c3ccc(OCC#N)cc3)c2=O)=N1. The van der Waals surface area contributed by atoms with Gasteiger partial charge in [0, 0.05) is 10.6 Å². The van der Waals surface area contributed by atoms with E-state index in [-0.39, 0.29) is 18.8 Å². The lowest BCUT2D eigenvalue weighted by molar-refractivity contribution is -0.139. The van der Waals surface area contributed by atoms with E-state index in [2.05, 4.69) is 0 Å². The van der Waals surface area contributed by atoms with Gasteiger partial charge in [0.1, 0.15) is 23.6 Å². The number of carbonyl (C=O) groups is 1. The second kappa shape index (κ2) is 12.1. The third-order valence-corrected chi connectivity index (χ3v) is 7.08. The van der Waals surface area contributed by atoms with Gasteiger partial charge in [0.2, 0.25) is 0 Å². The maximum Gasteiger partial charge on any atom is 0.338 e. The summed E-state index contributed by atoms with van der Waals surface area (Å²) < 4.78 is 18.3. The van der Waals surface area contributed by atoms with Gasteiger partial charge in [-0.2, -0.15) is 5.26 Å².